The Morgan fingerprint density at radius 2 is 1.43 bits per heavy atom. The molecule has 4 atom stereocenters. The van der Waals surface area contributed by atoms with Crippen molar-refractivity contribution in [1.29, 1.82) is 0 Å². The van der Waals surface area contributed by atoms with Crippen LogP contribution in [0.3, 0.4) is 0 Å². The van der Waals surface area contributed by atoms with Crippen LogP contribution in [0.1, 0.15) is 56.9 Å². The van der Waals surface area contributed by atoms with Gasteiger partial charge in [0.25, 0.3) is 0 Å². The molecule has 0 saturated carbocycles. The number of ketones is 2. The number of ether oxygens (including phenoxy) is 4. The van der Waals surface area contributed by atoms with E-state index in [1.165, 1.54) is 19.3 Å². The number of benzene rings is 3. The molecule has 0 spiro atoms. The Kier molecular flexibility index (Phi) is 7.60. The van der Waals surface area contributed by atoms with Crippen molar-refractivity contribution in [1.82, 2.24) is 0 Å². The Balaban J connectivity index is 1.42. The first-order valence-electron chi connectivity index (χ1n) is 12.5. The summed E-state index contributed by atoms with van der Waals surface area (Å²) >= 11 is 0. The van der Waals surface area contributed by atoms with Gasteiger partial charge in [-0.15, -0.1) is 0 Å². The van der Waals surface area contributed by atoms with Crippen molar-refractivity contribution in [3.8, 4) is 5.75 Å². The highest BCUT2D eigenvalue weighted by atomic mass is 16.6. The number of methoxy groups -OCH3 is 1. The van der Waals surface area contributed by atoms with E-state index >= 15 is 0 Å². The Morgan fingerprint density at radius 1 is 0.811 bits per heavy atom. The van der Waals surface area contributed by atoms with Gasteiger partial charge < -0.3 is 18.9 Å². The normalized spacial score (nSPS) is 23.1. The maximum Gasteiger partial charge on any atom is 0.190 e. The van der Waals surface area contributed by atoms with E-state index in [-0.39, 0.29) is 35.4 Å². The van der Waals surface area contributed by atoms with Crippen molar-refractivity contribution in [3.05, 3.63) is 113 Å². The molecule has 190 valence electrons. The number of hydrogen-bond donors (Lipinski definition) is 0. The molecule has 0 bridgehead atoms. The summed E-state index contributed by atoms with van der Waals surface area (Å²) in [5.41, 5.74) is 3.50. The van der Waals surface area contributed by atoms with Gasteiger partial charge in [0.2, 0.25) is 0 Å². The second-order valence-electron chi connectivity index (χ2n) is 9.33. The van der Waals surface area contributed by atoms with Crippen molar-refractivity contribution in [3.63, 3.8) is 0 Å². The summed E-state index contributed by atoms with van der Waals surface area (Å²) in [6.45, 7) is 2.86. The van der Waals surface area contributed by atoms with Gasteiger partial charge in [-0.05, 0) is 36.3 Å². The van der Waals surface area contributed by atoms with E-state index in [0.717, 1.165) is 16.7 Å². The number of fused-ring (bicyclic) bond motifs is 1. The van der Waals surface area contributed by atoms with Crippen LogP contribution in [-0.2, 0) is 27.4 Å². The smallest absolute Gasteiger partial charge is 0.190 e. The maximum atomic E-state index is 12.7. The van der Waals surface area contributed by atoms with Crippen molar-refractivity contribution >= 4 is 11.6 Å². The van der Waals surface area contributed by atoms with E-state index in [1.807, 2.05) is 73.7 Å². The molecule has 1 fully saturated rings. The highest BCUT2D eigenvalue weighted by Crippen LogP contribution is 2.42. The largest absolute Gasteiger partial charge is 0.496 e. The van der Waals surface area contributed by atoms with E-state index in [1.54, 1.807) is 6.07 Å². The lowest BCUT2D eigenvalue weighted by atomic mass is 9.87. The zero-order valence-corrected chi connectivity index (χ0v) is 21.0. The Morgan fingerprint density at radius 3 is 2.08 bits per heavy atom. The van der Waals surface area contributed by atoms with Crippen LogP contribution in [0, 0.1) is 0 Å². The SMILES string of the molecule is COc1c(C2C[C@@H](OCc3ccccc3)[C@H](OCc3ccccc3)[C@@H](C)O2)ccc2c1C(=O)C=CC2=O. The molecule has 5 rings (SSSR count). The fourth-order valence-electron chi connectivity index (χ4n) is 5.04. The third-order valence-corrected chi connectivity index (χ3v) is 6.88. The topological polar surface area (TPSA) is 71.1 Å². The minimum atomic E-state index is -0.401. The highest BCUT2D eigenvalue weighted by Gasteiger charge is 2.40. The first-order chi connectivity index (χ1) is 18.0. The van der Waals surface area contributed by atoms with Gasteiger partial charge in [0.15, 0.2) is 11.6 Å². The number of carbonyl (C=O) groups excluding carboxylic acids is 2. The van der Waals surface area contributed by atoms with E-state index in [4.69, 9.17) is 18.9 Å². The van der Waals surface area contributed by atoms with Crippen LogP contribution < -0.4 is 4.74 Å². The quantitative estimate of drug-likeness (QED) is 0.400. The minimum Gasteiger partial charge on any atom is -0.496 e. The average Bonchev–Trinajstić information content (AvgIpc) is 2.93. The van der Waals surface area contributed by atoms with Crippen LogP contribution in [0.4, 0.5) is 0 Å². The Labute approximate surface area is 216 Å². The lowest BCUT2D eigenvalue weighted by Crippen LogP contribution is -2.47. The standard InChI is InChI=1S/C31H30O6/c1-20-30(36-19-22-11-7-4-8-12-22)28(35-18-21-9-5-3-6-10-21)17-27(37-20)24-14-13-23-25(32)15-16-26(33)29(23)31(24)34-2/h3-16,20,27-28,30H,17-19H2,1-2H3/t20-,27?,28-,30-/m1/s1. The second-order valence-corrected chi connectivity index (χ2v) is 9.33. The number of allylic oxidation sites excluding steroid dienone is 2. The number of hydrogen-bond acceptors (Lipinski definition) is 6. The molecule has 6 heteroatoms. The van der Waals surface area contributed by atoms with Gasteiger partial charge in [0, 0.05) is 17.5 Å². The van der Waals surface area contributed by atoms with Crippen molar-refractivity contribution < 1.29 is 28.5 Å². The first-order valence-corrected chi connectivity index (χ1v) is 12.5. The van der Waals surface area contributed by atoms with Crippen molar-refractivity contribution in [2.24, 2.45) is 0 Å². The fraction of sp³-hybridized carbons (Fsp3) is 0.290. The molecule has 37 heavy (non-hydrogen) atoms. The van der Waals surface area contributed by atoms with E-state index in [9.17, 15) is 9.59 Å². The average molecular weight is 499 g/mol. The van der Waals surface area contributed by atoms with Crippen molar-refractivity contribution in [2.75, 3.05) is 7.11 Å². The summed E-state index contributed by atoms with van der Waals surface area (Å²) in [5.74, 6) is -0.0863. The van der Waals surface area contributed by atoms with Gasteiger partial charge in [0.05, 0.1) is 44.2 Å². The van der Waals surface area contributed by atoms with Gasteiger partial charge in [-0.1, -0.05) is 66.7 Å². The molecular formula is C31H30O6. The summed E-state index contributed by atoms with van der Waals surface area (Å²) in [4.78, 5) is 25.1. The number of rotatable bonds is 8. The highest BCUT2D eigenvalue weighted by molar-refractivity contribution is 6.23. The van der Waals surface area contributed by atoms with E-state index in [2.05, 4.69) is 0 Å². The summed E-state index contributed by atoms with van der Waals surface area (Å²) in [5, 5.41) is 0. The summed E-state index contributed by atoms with van der Waals surface area (Å²) in [6, 6.07) is 23.5. The van der Waals surface area contributed by atoms with Gasteiger partial charge >= 0.3 is 0 Å². The summed E-state index contributed by atoms with van der Waals surface area (Å²) < 4.78 is 24.9. The molecule has 1 saturated heterocycles. The van der Waals surface area contributed by atoms with E-state index in [0.29, 0.717) is 30.9 Å². The lowest BCUT2D eigenvalue weighted by molar-refractivity contribution is -0.204. The molecular weight excluding hydrogens is 468 g/mol. The van der Waals surface area contributed by atoms with Crippen LogP contribution >= 0.6 is 0 Å². The minimum absolute atomic E-state index is 0.212. The van der Waals surface area contributed by atoms with Crippen LogP contribution in [-0.4, -0.2) is 37.0 Å². The molecule has 1 aliphatic heterocycles. The molecule has 3 aromatic rings. The lowest BCUT2D eigenvalue weighted by Gasteiger charge is -2.41. The molecule has 0 amide bonds. The Hall–Kier alpha value is -3.58. The third-order valence-electron chi connectivity index (χ3n) is 6.88. The van der Waals surface area contributed by atoms with Crippen LogP contribution in [0.15, 0.2) is 84.9 Å². The monoisotopic (exact) mass is 498 g/mol. The van der Waals surface area contributed by atoms with Crippen molar-refractivity contribution in [2.45, 2.75) is 51.0 Å². The van der Waals surface area contributed by atoms with Gasteiger partial charge in [-0.25, -0.2) is 0 Å². The van der Waals surface area contributed by atoms with Crippen LogP contribution in [0.2, 0.25) is 0 Å². The molecule has 0 radical (unpaired) electrons. The molecule has 3 aromatic carbocycles. The molecule has 6 nitrogen and oxygen atoms in total. The number of carbonyl (C=O) groups is 2. The zero-order chi connectivity index (χ0) is 25.8. The molecule has 0 N–H and O–H groups in total. The molecule has 1 aliphatic carbocycles. The maximum absolute atomic E-state index is 12.7. The molecule has 1 heterocycles. The van der Waals surface area contributed by atoms with Crippen LogP contribution in [0.5, 0.6) is 5.75 Å². The summed E-state index contributed by atoms with van der Waals surface area (Å²) in [7, 11) is 1.51. The molecule has 2 aliphatic rings. The third kappa shape index (κ3) is 5.42. The summed E-state index contributed by atoms with van der Waals surface area (Å²) in [6.07, 6.45) is 1.84. The fourth-order valence-corrected chi connectivity index (χ4v) is 5.04. The predicted molar refractivity (Wildman–Crippen MR) is 139 cm³/mol. The van der Waals surface area contributed by atoms with Gasteiger partial charge in [-0.3, -0.25) is 9.59 Å². The van der Waals surface area contributed by atoms with Gasteiger partial charge in [0.1, 0.15) is 11.9 Å². The zero-order valence-electron chi connectivity index (χ0n) is 21.0. The van der Waals surface area contributed by atoms with Gasteiger partial charge in [-0.2, -0.15) is 0 Å². The molecule has 1 unspecified atom stereocenters. The Bertz CT molecular complexity index is 1280. The van der Waals surface area contributed by atoms with E-state index < -0.39 is 6.10 Å². The molecule has 0 aromatic heterocycles. The first kappa shape index (κ1) is 25.1. The van der Waals surface area contributed by atoms with Crippen LogP contribution in [0.25, 0.3) is 0 Å². The second kappa shape index (κ2) is 11.2. The predicted octanol–water partition coefficient (Wildman–Crippen LogP) is 5.65.